The summed E-state index contributed by atoms with van der Waals surface area (Å²) >= 11 is 2.05. The molecule has 0 amide bonds. The number of rotatable bonds is 6. The molecule has 1 nitrogen and oxygen atoms in total. The minimum Gasteiger partial charge on any atom is -0.325 e. The van der Waals surface area contributed by atoms with Crippen LogP contribution in [0.3, 0.4) is 0 Å². The summed E-state index contributed by atoms with van der Waals surface area (Å²) in [5, 5.41) is 0. The third-order valence-corrected chi connectivity index (χ3v) is 5.12. The molecule has 0 atom stereocenters. The molecule has 0 aromatic heterocycles. The summed E-state index contributed by atoms with van der Waals surface area (Å²) in [4.78, 5) is 0. The van der Waals surface area contributed by atoms with E-state index in [2.05, 4.69) is 20.8 Å². The van der Waals surface area contributed by atoms with Crippen LogP contribution in [-0.2, 0) is 0 Å². The molecule has 2 N–H and O–H groups in total. The van der Waals surface area contributed by atoms with Gasteiger partial charge in [-0.15, -0.1) is 0 Å². The molecule has 0 unspecified atom stereocenters. The molecule has 96 valence electrons. The first kappa shape index (κ1) is 14.4. The summed E-state index contributed by atoms with van der Waals surface area (Å²) in [6, 6.07) is 0. The molecular formula is C14H29NS. The van der Waals surface area contributed by atoms with Crippen molar-refractivity contribution in [2.45, 2.75) is 64.8 Å². The second-order valence-corrected chi connectivity index (χ2v) is 7.14. The maximum Gasteiger partial charge on any atom is 0.0154 e. The molecule has 0 aliphatic heterocycles. The van der Waals surface area contributed by atoms with Crippen LogP contribution in [0.1, 0.15) is 59.3 Å². The lowest BCUT2D eigenvalue weighted by Crippen LogP contribution is -2.44. The lowest BCUT2D eigenvalue weighted by molar-refractivity contribution is 0.186. The smallest absolute Gasteiger partial charge is 0.0154 e. The molecule has 1 saturated carbocycles. The summed E-state index contributed by atoms with van der Waals surface area (Å²) in [7, 11) is 0. The van der Waals surface area contributed by atoms with Crippen LogP contribution in [0.4, 0.5) is 0 Å². The van der Waals surface area contributed by atoms with Crippen LogP contribution in [0.2, 0.25) is 0 Å². The largest absolute Gasteiger partial charge is 0.325 e. The highest BCUT2D eigenvalue weighted by Gasteiger charge is 2.31. The minimum atomic E-state index is 0.180. The lowest BCUT2D eigenvalue weighted by atomic mass is 9.72. The first-order valence-corrected chi connectivity index (χ1v) is 8.09. The molecule has 0 aromatic carbocycles. The van der Waals surface area contributed by atoms with Crippen molar-refractivity contribution in [3.05, 3.63) is 0 Å². The first-order valence-electron chi connectivity index (χ1n) is 6.94. The summed E-state index contributed by atoms with van der Waals surface area (Å²) in [6.45, 7) is 6.94. The lowest BCUT2D eigenvalue weighted by Gasteiger charge is -2.38. The van der Waals surface area contributed by atoms with Crippen LogP contribution in [0.15, 0.2) is 0 Å². The van der Waals surface area contributed by atoms with Gasteiger partial charge in [0.25, 0.3) is 0 Å². The van der Waals surface area contributed by atoms with Crippen LogP contribution in [0.5, 0.6) is 0 Å². The molecule has 1 aliphatic carbocycles. The molecule has 16 heavy (non-hydrogen) atoms. The summed E-state index contributed by atoms with van der Waals surface area (Å²) < 4.78 is 0. The molecular weight excluding hydrogens is 214 g/mol. The van der Waals surface area contributed by atoms with Gasteiger partial charge in [-0.3, -0.25) is 0 Å². The second kappa shape index (κ2) is 6.90. The van der Waals surface area contributed by atoms with Gasteiger partial charge in [-0.2, -0.15) is 11.8 Å². The molecule has 1 fully saturated rings. The average molecular weight is 243 g/mol. The van der Waals surface area contributed by atoms with Gasteiger partial charge in [0, 0.05) is 5.54 Å². The fraction of sp³-hybridized carbons (Fsp3) is 1.00. The molecule has 0 saturated heterocycles. The third kappa shape index (κ3) is 4.67. The number of thioether (sulfide) groups is 1. The molecule has 0 radical (unpaired) electrons. The van der Waals surface area contributed by atoms with Crippen LogP contribution in [0.25, 0.3) is 0 Å². The maximum atomic E-state index is 6.49. The van der Waals surface area contributed by atoms with E-state index in [1.165, 1.54) is 50.0 Å². The zero-order valence-corrected chi connectivity index (χ0v) is 12.1. The summed E-state index contributed by atoms with van der Waals surface area (Å²) in [5.74, 6) is 4.32. The fourth-order valence-electron chi connectivity index (χ4n) is 2.80. The van der Waals surface area contributed by atoms with E-state index in [1.54, 1.807) is 0 Å². The predicted octanol–water partition coefficient (Wildman–Crippen LogP) is 4.06. The van der Waals surface area contributed by atoms with Gasteiger partial charge in [0.15, 0.2) is 0 Å². The highest BCUT2D eigenvalue weighted by Crippen LogP contribution is 2.36. The van der Waals surface area contributed by atoms with Crippen LogP contribution in [-0.4, -0.2) is 17.0 Å². The third-order valence-electron chi connectivity index (χ3n) is 4.14. The SMILES string of the molecule is CCSCCCC1(N)CCC(C(C)C)CC1. The Labute approximate surface area is 106 Å². The van der Waals surface area contributed by atoms with Crippen molar-refractivity contribution in [3.8, 4) is 0 Å². The highest BCUT2D eigenvalue weighted by atomic mass is 32.2. The van der Waals surface area contributed by atoms with Crippen molar-refractivity contribution in [1.82, 2.24) is 0 Å². The molecule has 0 bridgehead atoms. The van der Waals surface area contributed by atoms with Crippen LogP contribution < -0.4 is 5.73 Å². The van der Waals surface area contributed by atoms with E-state index < -0.39 is 0 Å². The number of nitrogens with two attached hydrogens (primary N) is 1. The Bertz CT molecular complexity index is 183. The monoisotopic (exact) mass is 243 g/mol. The Hall–Kier alpha value is 0.310. The predicted molar refractivity (Wildman–Crippen MR) is 75.9 cm³/mol. The van der Waals surface area contributed by atoms with Crippen molar-refractivity contribution >= 4 is 11.8 Å². The van der Waals surface area contributed by atoms with Crippen molar-refractivity contribution in [1.29, 1.82) is 0 Å². The van der Waals surface area contributed by atoms with E-state index in [0.717, 1.165) is 11.8 Å². The van der Waals surface area contributed by atoms with E-state index in [1.807, 2.05) is 11.8 Å². The molecule has 0 spiro atoms. The quantitative estimate of drug-likeness (QED) is 0.712. The van der Waals surface area contributed by atoms with Gasteiger partial charge in [-0.25, -0.2) is 0 Å². The maximum absolute atomic E-state index is 6.49. The van der Waals surface area contributed by atoms with Gasteiger partial charge in [0.2, 0.25) is 0 Å². The zero-order valence-electron chi connectivity index (χ0n) is 11.3. The molecule has 0 heterocycles. The highest BCUT2D eigenvalue weighted by molar-refractivity contribution is 7.99. The van der Waals surface area contributed by atoms with Crippen LogP contribution in [0, 0.1) is 11.8 Å². The first-order chi connectivity index (χ1) is 7.57. The van der Waals surface area contributed by atoms with Gasteiger partial charge in [0.05, 0.1) is 0 Å². The van der Waals surface area contributed by atoms with Gasteiger partial charge in [0.1, 0.15) is 0 Å². The average Bonchev–Trinajstić information content (AvgIpc) is 2.25. The van der Waals surface area contributed by atoms with Crippen molar-refractivity contribution in [3.63, 3.8) is 0 Å². The zero-order chi connectivity index (χ0) is 12.0. The van der Waals surface area contributed by atoms with Gasteiger partial charge in [-0.05, 0) is 61.9 Å². The van der Waals surface area contributed by atoms with E-state index in [-0.39, 0.29) is 5.54 Å². The fourth-order valence-corrected chi connectivity index (χ4v) is 3.44. The second-order valence-electron chi connectivity index (χ2n) is 5.74. The number of hydrogen-bond donors (Lipinski definition) is 1. The topological polar surface area (TPSA) is 26.0 Å². The van der Waals surface area contributed by atoms with Crippen molar-refractivity contribution in [2.75, 3.05) is 11.5 Å². The van der Waals surface area contributed by atoms with Gasteiger partial charge < -0.3 is 5.73 Å². The standard InChI is InChI=1S/C14H29NS/c1-4-16-11-5-8-14(15)9-6-13(7-10-14)12(2)3/h12-13H,4-11,15H2,1-3H3. The van der Waals surface area contributed by atoms with E-state index in [0.29, 0.717) is 0 Å². The molecule has 1 rings (SSSR count). The minimum absolute atomic E-state index is 0.180. The Morgan fingerprint density at radius 3 is 2.44 bits per heavy atom. The van der Waals surface area contributed by atoms with Crippen molar-refractivity contribution < 1.29 is 0 Å². The number of hydrogen-bond acceptors (Lipinski definition) is 2. The molecule has 1 aliphatic rings. The van der Waals surface area contributed by atoms with Crippen LogP contribution >= 0.6 is 11.8 Å². The summed E-state index contributed by atoms with van der Waals surface area (Å²) in [5.41, 5.74) is 6.67. The van der Waals surface area contributed by atoms with Gasteiger partial charge in [-0.1, -0.05) is 20.8 Å². The Kier molecular flexibility index (Phi) is 6.20. The van der Waals surface area contributed by atoms with E-state index >= 15 is 0 Å². The Balaban J connectivity index is 2.21. The van der Waals surface area contributed by atoms with E-state index in [4.69, 9.17) is 5.73 Å². The molecule has 2 heteroatoms. The Morgan fingerprint density at radius 2 is 1.94 bits per heavy atom. The van der Waals surface area contributed by atoms with Crippen molar-refractivity contribution in [2.24, 2.45) is 17.6 Å². The van der Waals surface area contributed by atoms with E-state index in [9.17, 15) is 0 Å². The normalized spacial score (nSPS) is 30.9. The Morgan fingerprint density at radius 1 is 1.31 bits per heavy atom. The summed E-state index contributed by atoms with van der Waals surface area (Å²) in [6.07, 6.45) is 7.77. The van der Waals surface area contributed by atoms with Gasteiger partial charge >= 0.3 is 0 Å². The molecule has 0 aromatic rings.